The number of nitrogens with zero attached hydrogens (tertiary/aromatic N) is 1. The summed E-state index contributed by atoms with van der Waals surface area (Å²) in [6.07, 6.45) is 11.8. The molecule has 1 fully saturated rings. The largest absolute Gasteiger partial charge is 0.381 e. The predicted octanol–water partition coefficient (Wildman–Crippen LogP) is 4.61. The molecule has 1 aromatic heterocycles. The second-order valence-electron chi connectivity index (χ2n) is 5.04. The Balaban J connectivity index is 1.82. The average Bonchev–Trinajstić information content (AvgIpc) is 2.32. The topological polar surface area (TPSA) is 24.9 Å². The van der Waals surface area contributed by atoms with Crippen molar-refractivity contribution < 1.29 is 0 Å². The Labute approximate surface area is 112 Å². The molecule has 1 heterocycles. The molecule has 0 amide bonds. The molecule has 94 valence electrons. The van der Waals surface area contributed by atoms with Crippen LogP contribution in [0.4, 0.5) is 5.69 Å². The van der Waals surface area contributed by atoms with Gasteiger partial charge in [0.2, 0.25) is 0 Å². The highest BCUT2D eigenvalue weighted by molar-refractivity contribution is 9.10. The van der Waals surface area contributed by atoms with Crippen LogP contribution in [-0.4, -0.2) is 11.0 Å². The monoisotopic (exact) mass is 296 g/mol. The van der Waals surface area contributed by atoms with E-state index in [1.165, 1.54) is 38.5 Å². The van der Waals surface area contributed by atoms with Gasteiger partial charge in [0.05, 0.1) is 11.9 Å². The van der Waals surface area contributed by atoms with Crippen LogP contribution in [0.15, 0.2) is 22.9 Å². The van der Waals surface area contributed by atoms with Gasteiger partial charge in [-0.3, -0.25) is 4.98 Å². The molecular weight excluding hydrogens is 276 g/mol. The van der Waals surface area contributed by atoms with Gasteiger partial charge in [-0.15, -0.1) is 0 Å². The van der Waals surface area contributed by atoms with E-state index in [1.807, 2.05) is 12.4 Å². The lowest BCUT2D eigenvalue weighted by molar-refractivity contribution is 0.319. The second kappa shape index (κ2) is 6.39. The first-order valence-corrected chi connectivity index (χ1v) is 7.44. The third-order valence-electron chi connectivity index (χ3n) is 3.62. The van der Waals surface area contributed by atoms with Crippen LogP contribution in [0.2, 0.25) is 0 Å². The number of rotatable bonds is 4. The molecule has 2 rings (SSSR count). The Bertz CT molecular complexity index is 346. The first kappa shape index (κ1) is 12.9. The van der Waals surface area contributed by atoms with Gasteiger partial charge >= 0.3 is 0 Å². The number of aromatic nitrogens is 1. The summed E-state index contributed by atoms with van der Waals surface area (Å²) in [6.45, 7) is 2.29. The highest BCUT2D eigenvalue weighted by atomic mass is 79.9. The average molecular weight is 297 g/mol. The molecule has 1 aliphatic carbocycles. The molecule has 2 nitrogen and oxygen atoms in total. The minimum Gasteiger partial charge on any atom is -0.381 e. The van der Waals surface area contributed by atoms with Crippen LogP contribution in [0.3, 0.4) is 0 Å². The van der Waals surface area contributed by atoms with Gasteiger partial charge < -0.3 is 5.32 Å². The summed E-state index contributed by atoms with van der Waals surface area (Å²) in [5.74, 6) is 0.971. The number of anilines is 1. The van der Waals surface area contributed by atoms with Crippen LogP contribution >= 0.6 is 15.9 Å². The van der Waals surface area contributed by atoms with Crippen LogP contribution in [0, 0.1) is 5.92 Å². The minimum absolute atomic E-state index is 0.638. The Morgan fingerprint density at radius 1 is 1.29 bits per heavy atom. The summed E-state index contributed by atoms with van der Waals surface area (Å²) in [5.41, 5.74) is 1.14. The number of nitrogens with one attached hydrogen (secondary N) is 1. The fourth-order valence-corrected chi connectivity index (χ4v) is 3.10. The highest BCUT2D eigenvalue weighted by Gasteiger charge is 2.20. The standard InChI is InChI=1S/C14H21BrN2/c1-2-3-11-4-6-13(7-5-11)17-14-8-12(15)9-16-10-14/h8-11,13,17H,2-7H2,1H3. The van der Waals surface area contributed by atoms with Gasteiger partial charge in [0.25, 0.3) is 0 Å². The van der Waals surface area contributed by atoms with E-state index in [1.54, 1.807) is 0 Å². The van der Waals surface area contributed by atoms with E-state index in [-0.39, 0.29) is 0 Å². The minimum atomic E-state index is 0.638. The molecule has 0 unspecified atom stereocenters. The molecule has 1 saturated carbocycles. The van der Waals surface area contributed by atoms with Gasteiger partial charge in [0, 0.05) is 16.7 Å². The SMILES string of the molecule is CCCC1CCC(Nc2cncc(Br)c2)CC1. The number of pyridine rings is 1. The quantitative estimate of drug-likeness (QED) is 0.877. The summed E-state index contributed by atoms with van der Waals surface area (Å²) < 4.78 is 1.04. The van der Waals surface area contributed by atoms with Crippen LogP contribution in [-0.2, 0) is 0 Å². The molecule has 1 N–H and O–H groups in total. The van der Waals surface area contributed by atoms with E-state index >= 15 is 0 Å². The van der Waals surface area contributed by atoms with Crippen molar-refractivity contribution in [3.8, 4) is 0 Å². The van der Waals surface area contributed by atoms with Gasteiger partial charge in [0.1, 0.15) is 0 Å². The molecule has 0 bridgehead atoms. The van der Waals surface area contributed by atoms with Crippen LogP contribution in [0.25, 0.3) is 0 Å². The van der Waals surface area contributed by atoms with Crippen molar-refractivity contribution >= 4 is 21.6 Å². The zero-order chi connectivity index (χ0) is 12.1. The lowest BCUT2D eigenvalue weighted by Gasteiger charge is -2.29. The van der Waals surface area contributed by atoms with E-state index in [0.717, 1.165) is 16.1 Å². The molecule has 0 radical (unpaired) electrons. The second-order valence-corrected chi connectivity index (χ2v) is 5.96. The third-order valence-corrected chi connectivity index (χ3v) is 4.05. The molecule has 3 heteroatoms. The van der Waals surface area contributed by atoms with Gasteiger partial charge in [-0.1, -0.05) is 19.8 Å². The lowest BCUT2D eigenvalue weighted by Crippen LogP contribution is -2.26. The fourth-order valence-electron chi connectivity index (χ4n) is 2.73. The molecule has 0 atom stereocenters. The van der Waals surface area contributed by atoms with Crippen molar-refractivity contribution in [2.24, 2.45) is 5.92 Å². The van der Waals surface area contributed by atoms with E-state index < -0.39 is 0 Å². The number of hydrogen-bond donors (Lipinski definition) is 1. The molecule has 17 heavy (non-hydrogen) atoms. The van der Waals surface area contributed by atoms with E-state index in [9.17, 15) is 0 Å². The number of halogens is 1. The first-order chi connectivity index (χ1) is 8.28. The van der Waals surface area contributed by atoms with Crippen molar-refractivity contribution in [2.45, 2.75) is 51.5 Å². The van der Waals surface area contributed by atoms with Crippen LogP contribution in [0.1, 0.15) is 45.4 Å². The van der Waals surface area contributed by atoms with Crippen molar-refractivity contribution in [1.29, 1.82) is 0 Å². The number of hydrogen-bond acceptors (Lipinski definition) is 2. The normalized spacial score (nSPS) is 24.6. The van der Waals surface area contributed by atoms with Gasteiger partial charge in [0.15, 0.2) is 0 Å². The zero-order valence-corrected chi connectivity index (χ0v) is 12.0. The fraction of sp³-hybridized carbons (Fsp3) is 0.643. The molecule has 0 aromatic carbocycles. The predicted molar refractivity (Wildman–Crippen MR) is 76.2 cm³/mol. The molecule has 1 aromatic rings. The third kappa shape index (κ3) is 3.98. The maximum Gasteiger partial charge on any atom is 0.0540 e. The van der Waals surface area contributed by atoms with E-state index in [2.05, 4.69) is 39.2 Å². The summed E-state index contributed by atoms with van der Waals surface area (Å²) in [6, 6.07) is 2.74. The summed E-state index contributed by atoms with van der Waals surface area (Å²) in [7, 11) is 0. The summed E-state index contributed by atoms with van der Waals surface area (Å²) in [4.78, 5) is 4.18. The Kier molecular flexibility index (Phi) is 4.84. The molecule has 0 spiro atoms. The van der Waals surface area contributed by atoms with Crippen LogP contribution < -0.4 is 5.32 Å². The van der Waals surface area contributed by atoms with Gasteiger partial charge in [-0.05, 0) is 53.6 Å². The Hall–Kier alpha value is -0.570. The smallest absolute Gasteiger partial charge is 0.0540 e. The van der Waals surface area contributed by atoms with Crippen molar-refractivity contribution in [3.05, 3.63) is 22.9 Å². The molecular formula is C14H21BrN2. The Morgan fingerprint density at radius 3 is 2.71 bits per heavy atom. The van der Waals surface area contributed by atoms with Gasteiger partial charge in [-0.25, -0.2) is 0 Å². The maximum atomic E-state index is 4.18. The van der Waals surface area contributed by atoms with E-state index in [4.69, 9.17) is 0 Å². The first-order valence-electron chi connectivity index (χ1n) is 6.65. The van der Waals surface area contributed by atoms with E-state index in [0.29, 0.717) is 6.04 Å². The molecule has 0 aliphatic heterocycles. The maximum absolute atomic E-state index is 4.18. The van der Waals surface area contributed by atoms with Crippen molar-refractivity contribution in [2.75, 3.05) is 5.32 Å². The molecule has 1 aliphatic rings. The summed E-state index contributed by atoms with van der Waals surface area (Å²) >= 11 is 3.45. The van der Waals surface area contributed by atoms with Crippen molar-refractivity contribution in [1.82, 2.24) is 4.98 Å². The zero-order valence-electron chi connectivity index (χ0n) is 10.5. The van der Waals surface area contributed by atoms with Gasteiger partial charge in [-0.2, -0.15) is 0 Å². The summed E-state index contributed by atoms with van der Waals surface area (Å²) in [5, 5.41) is 3.59. The Morgan fingerprint density at radius 2 is 2.06 bits per heavy atom. The highest BCUT2D eigenvalue weighted by Crippen LogP contribution is 2.29. The lowest BCUT2D eigenvalue weighted by atomic mass is 9.83. The van der Waals surface area contributed by atoms with Crippen molar-refractivity contribution in [3.63, 3.8) is 0 Å². The molecule has 0 saturated heterocycles. The van der Waals surface area contributed by atoms with Crippen LogP contribution in [0.5, 0.6) is 0 Å².